The maximum absolute atomic E-state index is 12.9. The number of nitrogen functional groups attached to an aromatic ring is 1. The molecule has 71 heavy (non-hydrogen) atoms. The molecule has 19 nitrogen and oxygen atoms in total. The number of hydrogen-bond donors (Lipinski definition) is 6. The van der Waals surface area contributed by atoms with Gasteiger partial charge < -0.3 is 45.1 Å². The molecule has 1 aliphatic heterocycles. The molecule has 0 bridgehead atoms. The molecule has 2 rings (SSSR count). The lowest BCUT2D eigenvalue weighted by atomic mass is 10.1. The van der Waals surface area contributed by atoms with Crippen molar-refractivity contribution >= 4 is 33.4 Å². The summed E-state index contributed by atoms with van der Waals surface area (Å²) in [5, 5.41) is 31.3. The molecule has 2 unspecified atom stereocenters. The third-order valence-corrected chi connectivity index (χ3v) is 13.8. The van der Waals surface area contributed by atoms with Gasteiger partial charge in [-0.1, -0.05) is 139 Å². The van der Waals surface area contributed by atoms with Crippen LogP contribution in [-0.2, 0) is 46.3 Å². The number of carbonyl (C=O) groups excluding carboxylic acids is 2. The lowest BCUT2D eigenvalue weighted by Crippen LogP contribution is -2.36. The van der Waals surface area contributed by atoms with E-state index < -0.39 is 89.8 Å². The van der Waals surface area contributed by atoms with Gasteiger partial charge in [0.25, 0.3) is 0 Å². The van der Waals surface area contributed by atoms with Gasteiger partial charge in [0, 0.05) is 19.0 Å². The molecule has 0 aliphatic carbocycles. The van der Waals surface area contributed by atoms with Crippen LogP contribution in [0.3, 0.4) is 0 Å². The number of ether oxygens (including phenoxy) is 3. The van der Waals surface area contributed by atoms with Crippen LogP contribution in [-0.4, -0.2) is 96.9 Å². The summed E-state index contributed by atoms with van der Waals surface area (Å²) in [6.07, 6.45) is 33.2. The Kier molecular flexibility index (Phi) is 34.1. The average molecular weight is 1040 g/mol. The summed E-state index contributed by atoms with van der Waals surface area (Å²) in [6.45, 7) is 1.92. The Bertz CT molecular complexity index is 1940. The summed E-state index contributed by atoms with van der Waals surface area (Å²) in [6, 6.07) is 1.24. The molecule has 21 heteroatoms. The van der Waals surface area contributed by atoms with E-state index in [1.54, 1.807) is 12.2 Å². The van der Waals surface area contributed by atoms with Crippen LogP contribution in [0.5, 0.6) is 0 Å². The zero-order chi connectivity index (χ0) is 52.2. The molecule has 7 N–H and O–H groups in total. The third-order valence-electron chi connectivity index (χ3n) is 11.2. The number of rotatable bonds is 41. The monoisotopic (exact) mass is 1040 g/mol. The second kappa shape index (κ2) is 38.1. The van der Waals surface area contributed by atoms with Gasteiger partial charge in [0.2, 0.25) is 0 Å². The van der Waals surface area contributed by atoms with Crippen molar-refractivity contribution in [1.29, 1.82) is 0 Å². The number of unbranched alkanes of at least 4 members (excludes halogenated alkanes) is 14. The molecule has 1 saturated heterocycles. The summed E-state index contributed by atoms with van der Waals surface area (Å²) in [4.78, 5) is 61.9. The third kappa shape index (κ3) is 30.9. The SMILES string of the molecule is CCCCC/C=C\C/C=C\C/C=C\C=C\[C@@H](O)CCCC(=O)OC[C@H](COP(=O)(O)OP(=O)(O)OC[C@H]1O[C@@H](n2ccc(N)nc2=O)[C@H](O)[C@@H]1O)OC(=O)CCCCCCCCC/C=C\CCCCCC. The van der Waals surface area contributed by atoms with Gasteiger partial charge in [-0.05, 0) is 76.7 Å². The first-order valence-corrected chi connectivity index (χ1v) is 28.4. The number of carbonyl (C=O) groups is 2. The number of hydrogen-bond acceptors (Lipinski definition) is 16. The van der Waals surface area contributed by atoms with Crippen LogP contribution >= 0.6 is 15.6 Å². The van der Waals surface area contributed by atoms with Gasteiger partial charge in [-0.25, -0.2) is 13.9 Å². The fourth-order valence-electron chi connectivity index (χ4n) is 7.17. The number of aliphatic hydroxyl groups excluding tert-OH is 3. The molecule has 404 valence electrons. The minimum atomic E-state index is -5.46. The predicted molar refractivity (Wildman–Crippen MR) is 272 cm³/mol. The van der Waals surface area contributed by atoms with Crippen LogP contribution in [0.2, 0.25) is 0 Å². The molecule has 8 atom stereocenters. The number of aromatic nitrogens is 2. The zero-order valence-electron chi connectivity index (χ0n) is 41.9. The molecule has 0 radical (unpaired) electrons. The first-order valence-electron chi connectivity index (χ1n) is 25.4. The highest BCUT2D eigenvalue weighted by Crippen LogP contribution is 2.60. The van der Waals surface area contributed by atoms with Crippen molar-refractivity contribution in [3.63, 3.8) is 0 Å². The van der Waals surface area contributed by atoms with Crippen LogP contribution in [0.25, 0.3) is 0 Å². The van der Waals surface area contributed by atoms with E-state index in [-0.39, 0.29) is 31.5 Å². The number of nitrogens with two attached hydrogens (primary N) is 1. The predicted octanol–water partition coefficient (Wildman–Crippen LogP) is 9.30. The average Bonchev–Trinajstić information content (AvgIpc) is 3.60. The maximum Gasteiger partial charge on any atom is 0.481 e. The van der Waals surface area contributed by atoms with Crippen molar-refractivity contribution in [3.05, 3.63) is 83.5 Å². The Morgan fingerprint density at radius 2 is 1.31 bits per heavy atom. The van der Waals surface area contributed by atoms with Crippen molar-refractivity contribution in [2.45, 2.75) is 198 Å². The van der Waals surface area contributed by atoms with Gasteiger partial charge in [-0.2, -0.15) is 9.29 Å². The van der Waals surface area contributed by atoms with E-state index in [1.165, 1.54) is 51.0 Å². The molecule has 0 saturated carbocycles. The highest BCUT2D eigenvalue weighted by atomic mass is 31.3. The molecule has 1 aromatic heterocycles. The van der Waals surface area contributed by atoms with E-state index in [0.29, 0.717) is 6.42 Å². The van der Waals surface area contributed by atoms with Gasteiger partial charge >= 0.3 is 33.3 Å². The van der Waals surface area contributed by atoms with E-state index in [2.05, 4.69) is 59.6 Å². The van der Waals surface area contributed by atoms with Crippen LogP contribution in [0.1, 0.15) is 168 Å². The van der Waals surface area contributed by atoms with Gasteiger partial charge in [-0.15, -0.1) is 0 Å². The molecular formula is C50H83N3O16P2. The smallest absolute Gasteiger partial charge is 0.462 e. The Labute approximate surface area is 420 Å². The Morgan fingerprint density at radius 3 is 1.99 bits per heavy atom. The summed E-state index contributed by atoms with van der Waals surface area (Å²) in [5.41, 5.74) is 4.57. The van der Waals surface area contributed by atoms with Crippen LogP contribution in [0.4, 0.5) is 5.82 Å². The van der Waals surface area contributed by atoms with Crippen molar-refractivity contribution in [2.24, 2.45) is 0 Å². The van der Waals surface area contributed by atoms with Crippen LogP contribution in [0.15, 0.2) is 77.8 Å². The highest BCUT2D eigenvalue weighted by molar-refractivity contribution is 7.61. The van der Waals surface area contributed by atoms with Crippen LogP contribution in [0, 0.1) is 0 Å². The maximum atomic E-state index is 12.9. The van der Waals surface area contributed by atoms with Crippen molar-refractivity contribution in [1.82, 2.24) is 9.55 Å². The molecule has 0 amide bonds. The normalized spacial score (nSPS) is 20.1. The van der Waals surface area contributed by atoms with Gasteiger partial charge in [0.1, 0.15) is 30.7 Å². The summed E-state index contributed by atoms with van der Waals surface area (Å²) in [7, 11) is -10.9. The number of esters is 2. The molecule has 2 heterocycles. The topological polar surface area (TPSA) is 286 Å². The molecule has 1 fully saturated rings. The van der Waals surface area contributed by atoms with Gasteiger partial charge in [-0.3, -0.25) is 23.2 Å². The van der Waals surface area contributed by atoms with E-state index >= 15 is 0 Å². The van der Waals surface area contributed by atoms with Crippen molar-refractivity contribution < 1.29 is 71.4 Å². The first kappa shape index (κ1) is 63.5. The molecule has 0 spiro atoms. The summed E-state index contributed by atoms with van der Waals surface area (Å²) in [5.74, 6) is -1.51. The summed E-state index contributed by atoms with van der Waals surface area (Å²) < 4.78 is 56.6. The second-order valence-electron chi connectivity index (χ2n) is 17.5. The lowest BCUT2D eigenvalue weighted by Gasteiger charge is -2.21. The Morgan fingerprint density at radius 1 is 0.746 bits per heavy atom. The number of phosphoric ester groups is 2. The Balaban J connectivity index is 1.86. The van der Waals surface area contributed by atoms with E-state index in [1.807, 2.05) is 12.2 Å². The van der Waals surface area contributed by atoms with E-state index in [0.717, 1.165) is 81.4 Å². The molecule has 1 aliphatic rings. The highest BCUT2D eigenvalue weighted by Gasteiger charge is 2.46. The largest absolute Gasteiger partial charge is 0.481 e. The second-order valence-corrected chi connectivity index (χ2v) is 20.6. The number of aliphatic hydroxyl groups is 3. The van der Waals surface area contributed by atoms with Crippen molar-refractivity contribution in [3.8, 4) is 0 Å². The first-order chi connectivity index (χ1) is 34.1. The number of nitrogens with zero attached hydrogens (tertiary/aromatic N) is 2. The minimum absolute atomic E-state index is 0.00271. The van der Waals surface area contributed by atoms with Crippen molar-refractivity contribution in [2.75, 3.05) is 25.6 Å². The summed E-state index contributed by atoms with van der Waals surface area (Å²) >= 11 is 0. The van der Waals surface area contributed by atoms with E-state index in [4.69, 9.17) is 29.0 Å². The van der Waals surface area contributed by atoms with E-state index in [9.17, 15) is 48.6 Å². The van der Waals surface area contributed by atoms with Gasteiger partial charge in [0.05, 0.1) is 19.3 Å². The molecule has 1 aromatic rings. The zero-order valence-corrected chi connectivity index (χ0v) is 43.7. The number of allylic oxidation sites excluding steroid dienone is 9. The lowest BCUT2D eigenvalue weighted by molar-refractivity contribution is -0.161. The number of anilines is 1. The fourth-order valence-corrected chi connectivity index (χ4v) is 9.29. The minimum Gasteiger partial charge on any atom is -0.462 e. The van der Waals surface area contributed by atoms with Gasteiger partial charge in [0.15, 0.2) is 12.3 Å². The number of phosphoric acid groups is 2. The fraction of sp³-hybridized carbons (Fsp3) is 0.680. The van der Waals surface area contributed by atoms with Crippen LogP contribution < -0.4 is 11.4 Å². The molecular weight excluding hydrogens is 961 g/mol. The molecule has 0 aromatic carbocycles. The quantitative estimate of drug-likeness (QED) is 0.0117. The standard InChI is InChI=1S/C50H83N3O16P2/c1-3-5-7-9-11-13-15-17-18-20-22-24-26-28-30-34-46(56)67-42(38-64-45(55)35-31-33-41(54)32-29-27-25-23-21-19-16-14-12-10-8-6-4-2)39-65-70(60,61)69-71(62,63)66-40-43-47(57)48(58)49(68-43)53-37-36-44(51)52-50(53)59/h12-15,19,21,25,27,29,32,36-37,41-43,47-49,54,57-58H,3-11,16-18,20,22-24,26,28,30-31,33-35,38-40H2,1-2H3,(H,60,61)(H,62,63)(H2,51,52,59)/b14-12-,15-13-,21-19-,27-25-,32-29+/t41-,42-,43-,47-,48-,49-/m1/s1. The Hall–Kier alpha value is -3.58.